The van der Waals surface area contributed by atoms with E-state index >= 15 is 0 Å². The van der Waals surface area contributed by atoms with Crippen LogP contribution >= 0.6 is 0 Å². The summed E-state index contributed by atoms with van der Waals surface area (Å²) < 4.78 is 5.24. The number of carbonyl (C=O) groups excluding carboxylic acids is 3. The molecule has 1 atom stereocenters. The zero-order valence-electron chi connectivity index (χ0n) is 31.4. The molecule has 0 bridgehead atoms. The molecule has 3 aliphatic heterocycles. The summed E-state index contributed by atoms with van der Waals surface area (Å²) in [5.74, 6) is -0.301. The maximum atomic E-state index is 14.1. The number of aliphatic hydroxyl groups excluding tert-OH is 1. The molecule has 53 heavy (non-hydrogen) atoms. The van der Waals surface area contributed by atoms with Crippen LogP contribution in [0.5, 0.6) is 0 Å². The van der Waals surface area contributed by atoms with E-state index in [1.54, 1.807) is 12.0 Å². The molecule has 1 fully saturated rings. The van der Waals surface area contributed by atoms with Crippen LogP contribution in [0.15, 0.2) is 48.5 Å². The van der Waals surface area contributed by atoms with Gasteiger partial charge in [0.1, 0.15) is 0 Å². The number of amides is 3. The number of piperidine rings is 1. The van der Waals surface area contributed by atoms with E-state index in [-0.39, 0.29) is 23.6 Å². The Labute approximate surface area is 312 Å². The smallest absolute Gasteiger partial charge is 0.261 e. The van der Waals surface area contributed by atoms with Gasteiger partial charge >= 0.3 is 0 Å². The van der Waals surface area contributed by atoms with E-state index in [2.05, 4.69) is 11.8 Å². The van der Waals surface area contributed by atoms with Gasteiger partial charge in [-0.2, -0.15) is 0 Å². The Morgan fingerprint density at radius 2 is 1.13 bits per heavy atom. The second-order valence-corrected chi connectivity index (χ2v) is 15.7. The van der Waals surface area contributed by atoms with Gasteiger partial charge in [0.2, 0.25) is 0 Å². The van der Waals surface area contributed by atoms with Crippen molar-refractivity contribution in [1.82, 2.24) is 14.7 Å². The lowest BCUT2D eigenvalue weighted by molar-refractivity contribution is 0.00418. The number of imide groups is 1. The summed E-state index contributed by atoms with van der Waals surface area (Å²) in [6, 6.07) is 15.7. The molecule has 1 saturated heterocycles. The molecule has 0 spiro atoms. The fourth-order valence-corrected chi connectivity index (χ4v) is 9.51. The van der Waals surface area contributed by atoms with Crippen LogP contribution in [-0.2, 0) is 4.74 Å². The Balaban J connectivity index is 1.05. The molecular formula is C45H53N3O5. The molecule has 3 heterocycles. The van der Waals surface area contributed by atoms with Crippen LogP contribution in [0, 0.1) is 5.92 Å². The molecule has 0 radical (unpaired) electrons. The minimum atomic E-state index is -1.01. The lowest BCUT2D eigenvalue weighted by Crippen LogP contribution is -2.45. The highest BCUT2D eigenvalue weighted by molar-refractivity contribution is 6.39. The standard InChI is InChI=1S/C45H53N3O5/c1-3-4-5-6-7-8-9-10-11-12-23-47-42(49)34-17-13-30-32-15-19-36-41-37(20-16-33(39(32)41)31-14-18-35(43(47)50)40(34)38(30)31)45(52)48(44(36)51)28-29-21-24-46(25-22-29)26-27-53-2/h13-20,29,42,49H,3-12,21-28H2,1-2H3. The predicted octanol–water partition coefficient (Wildman–Crippen LogP) is 9.06. The number of rotatable bonds is 16. The second kappa shape index (κ2) is 15.3. The van der Waals surface area contributed by atoms with Gasteiger partial charge in [0.15, 0.2) is 6.23 Å². The fraction of sp³-hybridized carbons (Fsp3) is 0.489. The quantitative estimate of drug-likeness (QED) is 0.0475. The molecule has 8 heteroatoms. The summed E-state index contributed by atoms with van der Waals surface area (Å²) >= 11 is 0. The number of nitrogens with zero attached hydrogens (tertiary/aromatic N) is 3. The van der Waals surface area contributed by atoms with Gasteiger partial charge in [0, 0.05) is 59.8 Å². The number of ether oxygens (including phenoxy) is 1. The van der Waals surface area contributed by atoms with Gasteiger partial charge in [-0.15, -0.1) is 0 Å². The Bertz CT molecular complexity index is 2100. The van der Waals surface area contributed by atoms with Crippen molar-refractivity contribution >= 4 is 60.8 Å². The number of carbonyl (C=O) groups is 3. The topological polar surface area (TPSA) is 90.4 Å². The number of fused-ring (bicyclic) bond motifs is 2. The number of methoxy groups -OCH3 is 1. The summed E-state index contributed by atoms with van der Waals surface area (Å²) in [7, 11) is 1.72. The minimum absolute atomic E-state index is 0.127. The number of aliphatic hydroxyl groups is 1. The van der Waals surface area contributed by atoms with E-state index in [1.165, 1.54) is 49.8 Å². The minimum Gasteiger partial charge on any atom is -0.383 e. The highest BCUT2D eigenvalue weighted by atomic mass is 16.5. The summed E-state index contributed by atoms with van der Waals surface area (Å²) in [6.07, 6.45) is 13.0. The van der Waals surface area contributed by atoms with Crippen LogP contribution in [0.3, 0.4) is 0 Å². The molecule has 5 aromatic rings. The maximum absolute atomic E-state index is 14.1. The van der Waals surface area contributed by atoms with Crippen molar-refractivity contribution in [2.24, 2.45) is 5.92 Å². The fourth-order valence-electron chi connectivity index (χ4n) is 9.51. The lowest BCUT2D eigenvalue weighted by atomic mass is 9.82. The molecule has 3 amide bonds. The second-order valence-electron chi connectivity index (χ2n) is 15.7. The van der Waals surface area contributed by atoms with Gasteiger partial charge in [0.05, 0.1) is 6.61 Å². The number of hydrogen-bond donors (Lipinski definition) is 1. The van der Waals surface area contributed by atoms with Gasteiger partial charge in [-0.05, 0) is 88.8 Å². The Morgan fingerprint density at radius 1 is 0.623 bits per heavy atom. The number of benzene rings is 5. The van der Waals surface area contributed by atoms with Crippen LogP contribution in [-0.4, -0.2) is 84.0 Å². The summed E-state index contributed by atoms with van der Waals surface area (Å²) in [5.41, 5.74) is 2.52. The van der Waals surface area contributed by atoms with E-state index in [1.807, 2.05) is 48.5 Å². The SMILES string of the molecule is CCCCCCCCCCCCN1C(=O)c2ccc3c4ccc5c6c(ccc(c7ccc(c2c37)C1O)c64)C(=O)N(CC1CCN(CCOC)CC1)C5=O. The molecule has 0 aliphatic carbocycles. The highest BCUT2D eigenvalue weighted by Crippen LogP contribution is 2.47. The first kappa shape index (κ1) is 35.9. The van der Waals surface area contributed by atoms with Gasteiger partial charge in [0.25, 0.3) is 17.7 Å². The molecule has 1 unspecified atom stereocenters. The highest BCUT2D eigenvalue weighted by Gasteiger charge is 2.38. The first-order valence-corrected chi connectivity index (χ1v) is 20.2. The first-order valence-electron chi connectivity index (χ1n) is 20.2. The number of likely N-dealkylation sites (tertiary alicyclic amines) is 1. The predicted molar refractivity (Wildman–Crippen MR) is 212 cm³/mol. The van der Waals surface area contributed by atoms with Crippen LogP contribution in [0.25, 0.3) is 43.1 Å². The average Bonchev–Trinajstić information content (AvgIpc) is 3.18. The third-order valence-electron chi connectivity index (χ3n) is 12.5. The van der Waals surface area contributed by atoms with Crippen molar-refractivity contribution in [1.29, 1.82) is 0 Å². The molecule has 1 N–H and O–H groups in total. The Hall–Kier alpha value is -4.11. The normalized spacial score (nSPS) is 18.2. The largest absolute Gasteiger partial charge is 0.383 e. The molecular weight excluding hydrogens is 663 g/mol. The molecule has 3 aliphatic rings. The van der Waals surface area contributed by atoms with E-state index in [4.69, 9.17) is 4.74 Å². The summed E-state index contributed by atoms with van der Waals surface area (Å²) in [4.78, 5) is 47.7. The van der Waals surface area contributed by atoms with Crippen LogP contribution in [0.2, 0.25) is 0 Å². The molecule has 0 saturated carbocycles. The monoisotopic (exact) mass is 715 g/mol. The van der Waals surface area contributed by atoms with E-state index < -0.39 is 6.23 Å². The van der Waals surface area contributed by atoms with Crippen molar-refractivity contribution in [2.45, 2.75) is 90.2 Å². The third kappa shape index (κ3) is 6.36. The van der Waals surface area contributed by atoms with Crippen LogP contribution < -0.4 is 0 Å². The van der Waals surface area contributed by atoms with Crippen molar-refractivity contribution in [3.05, 3.63) is 70.8 Å². The zero-order valence-corrected chi connectivity index (χ0v) is 31.4. The number of unbranched alkanes of at least 4 members (excludes halogenated alkanes) is 9. The van der Waals surface area contributed by atoms with Gasteiger partial charge in [-0.1, -0.05) is 95.0 Å². The Kier molecular flexibility index (Phi) is 10.4. The van der Waals surface area contributed by atoms with Crippen molar-refractivity contribution in [3.63, 3.8) is 0 Å². The maximum Gasteiger partial charge on any atom is 0.261 e. The van der Waals surface area contributed by atoms with E-state index in [0.717, 1.165) is 100 Å². The average molecular weight is 716 g/mol. The lowest BCUT2D eigenvalue weighted by Gasteiger charge is -2.36. The Morgan fingerprint density at radius 3 is 1.70 bits per heavy atom. The number of hydrogen-bond acceptors (Lipinski definition) is 6. The third-order valence-corrected chi connectivity index (χ3v) is 12.5. The molecule has 5 aromatic carbocycles. The molecule has 0 aromatic heterocycles. The summed E-state index contributed by atoms with van der Waals surface area (Å²) in [6.45, 7) is 6.70. The van der Waals surface area contributed by atoms with Crippen molar-refractivity contribution in [2.75, 3.05) is 46.4 Å². The van der Waals surface area contributed by atoms with Gasteiger partial charge in [-0.3, -0.25) is 19.3 Å². The van der Waals surface area contributed by atoms with Gasteiger partial charge in [-0.25, -0.2) is 0 Å². The van der Waals surface area contributed by atoms with Crippen LogP contribution in [0.1, 0.15) is 127 Å². The van der Waals surface area contributed by atoms with Crippen LogP contribution in [0.4, 0.5) is 0 Å². The molecule has 8 nitrogen and oxygen atoms in total. The van der Waals surface area contributed by atoms with Crippen molar-refractivity contribution < 1.29 is 24.2 Å². The molecule has 278 valence electrons. The van der Waals surface area contributed by atoms with E-state index in [9.17, 15) is 19.5 Å². The van der Waals surface area contributed by atoms with Crippen molar-refractivity contribution in [3.8, 4) is 0 Å². The zero-order chi connectivity index (χ0) is 36.6. The van der Waals surface area contributed by atoms with Gasteiger partial charge < -0.3 is 19.6 Å². The first-order chi connectivity index (χ1) is 25.9. The summed E-state index contributed by atoms with van der Waals surface area (Å²) in [5, 5.41) is 18.9. The molecule has 8 rings (SSSR count). The van der Waals surface area contributed by atoms with E-state index in [0.29, 0.717) is 36.4 Å².